The number of piperidine rings is 1. The molecule has 0 unspecified atom stereocenters. The van der Waals surface area contributed by atoms with Gasteiger partial charge in [-0.05, 0) is 36.0 Å². The summed E-state index contributed by atoms with van der Waals surface area (Å²) in [5.41, 5.74) is 1.23. The molecule has 2 rings (SSSR count). The van der Waals surface area contributed by atoms with Gasteiger partial charge in [0.2, 0.25) is 5.91 Å². The van der Waals surface area contributed by atoms with Crippen LogP contribution in [0, 0.1) is 5.92 Å². The normalized spacial score (nSPS) is 15.2. The van der Waals surface area contributed by atoms with Gasteiger partial charge in [0.25, 0.3) is 5.91 Å². The fourth-order valence-corrected chi connectivity index (χ4v) is 3.07. The molecule has 0 radical (unpaired) electrons. The van der Waals surface area contributed by atoms with Crippen LogP contribution in [0.1, 0.15) is 39.2 Å². The number of carboxylic acids is 1. The van der Waals surface area contributed by atoms with Gasteiger partial charge in [-0.3, -0.25) is 14.4 Å². The maximum Gasteiger partial charge on any atom is 0.306 e. The molecule has 1 saturated heterocycles. The Hall–Kier alpha value is -2.57. The molecule has 0 saturated carbocycles. The maximum absolute atomic E-state index is 12.3. The number of benzene rings is 1. The lowest BCUT2D eigenvalue weighted by atomic mass is 9.87. The molecule has 1 aliphatic heterocycles. The van der Waals surface area contributed by atoms with Gasteiger partial charge in [-0.1, -0.05) is 32.9 Å². The van der Waals surface area contributed by atoms with E-state index in [0.29, 0.717) is 31.7 Å². The van der Waals surface area contributed by atoms with Crippen LogP contribution in [0.5, 0.6) is 5.75 Å². The van der Waals surface area contributed by atoms with Crippen molar-refractivity contribution in [3.63, 3.8) is 0 Å². The van der Waals surface area contributed by atoms with Crippen molar-refractivity contribution < 1.29 is 24.2 Å². The van der Waals surface area contributed by atoms with Gasteiger partial charge in [-0.15, -0.1) is 0 Å². The first-order chi connectivity index (χ1) is 13.1. The number of likely N-dealkylation sites (N-methyl/N-ethyl adjacent to an activating group) is 1. The monoisotopic (exact) mass is 390 g/mol. The second kappa shape index (κ2) is 9.08. The zero-order chi connectivity index (χ0) is 20.9. The van der Waals surface area contributed by atoms with Crippen LogP contribution >= 0.6 is 0 Å². The van der Waals surface area contributed by atoms with E-state index in [2.05, 4.69) is 20.8 Å². The quantitative estimate of drug-likeness (QED) is 0.804. The number of aliphatic carboxylic acids is 1. The Morgan fingerprint density at radius 2 is 1.71 bits per heavy atom. The van der Waals surface area contributed by atoms with Gasteiger partial charge in [-0.2, -0.15) is 0 Å². The Labute approximate surface area is 166 Å². The second-order valence-electron chi connectivity index (χ2n) is 8.31. The topological polar surface area (TPSA) is 87.2 Å². The molecular formula is C21H30N2O5. The molecule has 1 N–H and O–H groups in total. The standard InChI is InChI=1S/C21H30N2O5/c1-21(2,3)16-5-7-17(8-6-16)28-14-19(25)22(4)13-18(24)23-11-9-15(10-12-23)20(26)27/h5-8,15H,9-14H2,1-4H3,(H,26,27). The molecule has 0 bridgehead atoms. The van der Waals surface area contributed by atoms with Crippen molar-refractivity contribution in [2.24, 2.45) is 5.92 Å². The van der Waals surface area contributed by atoms with Gasteiger partial charge in [0.05, 0.1) is 12.5 Å². The van der Waals surface area contributed by atoms with Gasteiger partial charge >= 0.3 is 5.97 Å². The third kappa shape index (κ3) is 5.97. The largest absolute Gasteiger partial charge is 0.484 e. The summed E-state index contributed by atoms with van der Waals surface area (Å²) in [6.07, 6.45) is 0.902. The van der Waals surface area contributed by atoms with Crippen LogP contribution < -0.4 is 4.74 Å². The molecule has 1 aromatic rings. The lowest BCUT2D eigenvalue weighted by Crippen LogP contribution is -2.46. The number of carboxylic acid groups (broad SMARTS) is 1. The van der Waals surface area contributed by atoms with E-state index in [-0.39, 0.29) is 36.3 Å². The molecule has 0 spiro atoms. The molecule has 1 aromatic carbocycles. The zero-order valence-electron chi connectivity index (χ0n) is 17.1. The summed E-state index contributed by atoms with van der Waals surface area (Å²) in [5, 5.41) is 9.02. The Morgan fingerprint density at radius 1 is 1.14 bits per heavy atom. The molecule has 0 atom stereocenters. The summed E-state index contributed by atoms with van der Waals surface area (Å²) >= 11 is 0. The minimum absolute atomic E-state index is 0.0388. The fourth-order valence-electron chi connectivity index (χ4n) is 3.07. The molecule has 0 aromatic heterocycles. The number of hydrogen-bond acceptors (Lipinski definition) is 4. The summed E-state index contributed by atoms with van der Waals surface area (Å²) in [5.74, 6) is -1.05. The molecule has 154 valence electrons. The van der Waals surface area contributed by atoms with Crippen molar-refractivity contribution >= 4 is 17.8 Å². The highest BCUT2D eigenvalue weighted by molar-refractivity contribution is 5.85. The lowest BCUT2D eigenvalue weighted by Gasteiger charge is -2.31. The first-order valence-electron chi connectivity index (χ1n) is 9.56. The third-order valence-electron chi connectivity index (χ3n) is 5.08. The van der Waals surface area contributed by atoms with Gasteiger partial charge in [0, 0.05) is 20.1 Å². The average Bonchev–Trinajstić information content (AvgIpc) is 2.65. The van der Waals surface area contributed by atoms with Gasteiger partial charge < -0.3 is 19.6 Å². The molecule has 7 nitrogen and oxygen atoms in total. The Morgan fingerprint density at radius 3 is 2.21 bits per heavy atom. The molecule has 28 heavy (non-hydrogen) atoms. The molecule has 1 aliphatic rings. The molecule has 7 heteroatoms. The van der Waals surface area contributed by atoms with E-state index in [9.17, 15) is 14.4 Å². The van der Waals surface area contributed by atoms with E-state index in [4.69, 9.17) is 9.84 Å². The van der Waals surface area contributed by atoms with Crippen molar-refractivity contribution in [2.45, 2.75) is 39.0 Å². The Kier molecular flexibility index (Phi) is 7.05. The van der Waals surface area contributed by atoms with Crippen LogP contribution in [0.2, 0.25) is 0 Å². The van der Waals surface area contributed by atoms with Gasteiger partial charge in [0.15, 0.2) is 6.61 Å². The van der Waals surface area contributed by atoms with Crippen LogP contribution in [0.15, 0.2) is 24.3 Å². The minimum Gasteiger partial charge on any atom is -0.484 e. The number of rotatable bonds is 6. The number of carbonyl (C=O) groups is 3. The van der Waals surface area contributed by atoms with Gasteiger partial charge in [-0.25, -0.2) is 0 Å². The van der Waals surface area contributed by atoms with E-state index < -0.39 is 5.97 Å². The van der Waals surface area contributed by atoms with Crippen LogP contribution in [0.3, 0.4) is 0 Å². The second-order valence-corrected chi connectivity index (χ2v) is 8.31. The number of carbonyl (C=O) groups excluding carboxylic acids is 2. The lowest BCUT2D eigenvalue weighted by molar-refractivity contribution is -0.146. The summed E-state index contributed by atoms with van der Waals surface area (Å²) in [7, 11) is 1.57. The Balaban J connectivity index is 1.78. The van der Waals surface area contributed by atoms with E-state index in [1.807, 2.05) is 24.3 Å². The number of likely N-dealkylation sites (tertiary alicyclic amines) is 1. The number of ether oxygens (including phenoxy) is 1. The van der Waals surface area contributed by atoms with Crippen molar-refractivity contribution in [1.82, 2.24) is 9.80 Å². The van der Waals surface area contributed by atoms with Gasteiger partial charge in [0.1, 0.15) is 5.75 Å². The molecule has 2 amide bonds. The summed E-state index contributed by atoms with van der Waals surface area (Å²) in [6, 6.07) is 7.64. The number of nitrogens with zero attached hydrogens (tertiary/aromatic N) is 2. The minimum atomic E-state index is -0.813. The van der Waals surface area contributed by atoms with E-state index in [0.717, 1.165) is 0 Å². The number of amides is 2. The zero-order valence-corrected chi connectivity index (χ0v) is 17.1. The third-order valence-corrected chi connectivity index (χ3v) is 5.08. The van der Waals surface area contributed by atoms with Crippen molar-refractivity contribution in [3.05, 3.63) is 29.8 Å². The predicted octanol–water partition coefficient (Wildman–Crippen LogP) is 2.14. The fraction of sp³-hybridized carbons (Fsp3) is 0.571. The van der Waals surface area contributed by atoms with Crippen LogP contribution in [-0.4, -0.2) is 66.0 Å². The average molecular weight is 390 g/mol. The molecular weight excluding hydrogens is 360 g/mol. The van der Waals surface area contributed by atoms with E-state index in [1.54, 1.807) is 11.9 Å². The van der Waals surface area contributed by atoms with Crippen molar-refractivity contribution in [2.75, 3.05) is 33.3 Å². The first-order valence-corrected chi connectivity index (χ1v) is 9.56. The summed E-state index contributed by atoms with van der Waals surface area (Å²) in [6.45, 7) is 7.03. The van der Waals surface area contributed by atoms with Crippen molar-refractivity contribution in [1.29, 1.82) is 0 Å². The molecule has 1 fully saturated rings. The highest BCUT2D eigenvalue weighted by Crippen LogP contribution is 2.24. The SMILES string of the molecule is CN(CC(=O)N1CCC(C(=O)O)CC1)C(=O)COc1ccc(C(C)(C)C)cc1. The number of hydrogen-bond donors (Lipinski definition) is 1. The molecule has 1 heterocycles. The summed E-state index contributed by atoms with van der Waals surface area (Å²) in [4.78, 5) is 38.5. The van der Waals surface area contributed by atoms with Crippen LogP contribution in [0.4, 0.5) is 0 Å². The smallest absolute Gasteiger partial charge is 0.306 e. The highest BCUT2D eigenvalue weighted by atomic mass is 16.5. The highest BCUT2D eigenvalue weighted by Gasteiger charge is 2.27. The Bertz CT molecular complexity index is 701. The van der Waals surface area contributed by atoms with E-state index >= 15 is 0 Å². The van der Waals surface area contributed by atoms with Crippen molar-refractivity contribution in [3.8, 4) is 5.75 Å². The van der Waals surface area contributed by atoms with Crippen LogP contribution in [0.25, 0.3) is 0 Å². The predicted molar refractivity (Wildman–Crippen MR) is 105 cm³/mol. The maximum atomic E-state index is 12.3. The van der Waals surface area contributed by atoms with E-state index in [1.165, 1.54) is 10.5 Å². The summed E-state index contributed by atoms with van der Waals surface area (Å²) < 4.78 is 5.54. The molecule has 0 aliphatic carbocycles. The van der Waals surface area contributed by atoms with Crippen LogP contribution in [-0.2, 0) is 19.8 Å². The first kappa shape index (κ1) is 21.7.